The van der Waals surface area contributed by atoms with Crippen LogP contribution < -0.4 is 21.1 Å². The molecule has 10 nitrogen and oxygen atoms in total. The van der Waals surface area contributed by atoms with Gasteiger partial charge in [-0.3, -0.25) is 14.6 Å². The van der Waals surface area contributed by atoms with Gasteiger partial charge in [-0.2, -0.15) is 13.2 Å². The smallest absolute Gasteiger partial charge is 0.368 e. The minimum absolute atomic E-state index is 0.0658. The molecule has 0 radical (unpaired) electrons. The number of aromatic nitrogens is 4. The summed E-state index contributed by atoms with van der Waals surface area (Å²) < 4.78 is 43.9. The lowest BCUT2D eigenvalue weighted by molar-refractivity contribution is -0.137. The highest BCUT2D eigenvalue weighted by atomic mass is 19.4. The number of anilines is 4. The van der Waals surface area contributed by atoms with Gasteiger partial charge in [-0.15, -0.1) is 0 Å². The molecule has 4 heterocycles. The largest absolute Gasteiger partial charge is 0.418 e. The maximum atomic E-state index is 14.1. The molecule has 1 fully saturated rings. The molecule has 1 aliphatic heterocycles. The van der Waals surface area contributed by atoms with Gasteiger partial charge < -0.3 is 25.0 Å². The number of hydrogen-bond acceptors (Lipinski definition) is 8. The van der Waals surface area contributed by atoms with Gasteiger partial charge in [-0.05, 0) is 75.0 Å². The molecule has 0 bridgehead atoms. The molecule has 6 rings (SSSR count). The fourth-order valence-corrected chi connectivity index (χ4v) is 5.58. The molecular weight excluding hydrogens is 609 g/mol. The van der Waals surface area contributed by atoms with Crippen molar-refractivity contribution in [1.82, 2.24) is 24.4 Å². The van der Waals surface area contributed by atoms with Crippen molar-refractivity contribution >= 4 is 39.8 Å². The van der Waals surface area contributed by atoms with E-state index in [9.17, 15) is 22.8 Å². The van der Waals surface area contributed by atoms with Crippen LogP contribution in [0.1, 0.15) is 27.2 Å². The number of piperazine rings is 1. The fourth-order valence-electron chi connectivity index (χ4n) is 5.58. The summed E-state index contributed by atoms with van der Waals surface area (Å²) in [6, 6.07) is 14.3. The Bertz CT molecular complexity index is 2040. The molecule has 47 heavy (non-hydrogen) atoms. The number of alkyl halides is 3. The van der Waals surface area contributed by atoms with Crippen molar-refractivity contribution in [2.75, 3.05) is 48.8 Å². The van der Waals surface area contributed by atoms with Gasteiger partial charge in [-0.25, -0.2) is 9.97 Å². The predicted molar refractivity (Wildman–Crippen MR) is 176 cm³/mol. The molecule has 2 aromatic carbocycles. The first-order chi connectivity index (χ1) is 22.4. The summed E-state index contributed by atoms with van der Waals surface area (Å²) >= 11 is 0. The van der Waals surface area contributed by atoms with Gasteiger partial charge >= 0.3 is 6.18 Å². The van der Waals surface area contributed by atoms with Crippen molar-refractivity contribution in [2.24, 2.45) is 7.05 Å². The summed E-state index contributed by atoms with van der Waals surface area (Å²) in [6.45, 7) is 5.96. The molecule has 3 aromatic heterocycles. The molecular formula is C34H33F3N8O2. The van der Waals surface area contributed by atoms with Crippen LogP contribution >= 0.6 is 0 Å². The number of carbonyl (C=O) groups is 1. The van der Waals surface area contributed by atoms with Crippen LogP contribution in [0.15, 0.2) is 71.8 Å². The number of nitrogens with zero attached hydrogens (tertiary/aromatic N) is 6. The molecule has 0 atom stereocenters. The number of halogens is 3. The number of fused-ring (bicyclic) bond motifs is 1. The van der Waals surface area contributed by atoms with E-state index in [4.69, 9.17) is 0 Å². The van der Waals surface area contributed by atoms with Gasteiger partial charge in [0.2, 0.25) is 5.95 Å². The maximum Gasteiger partial charge on any atom is 0.418 e. The lowest BCUT2D eigenvalue weighted by Gasteiger charge is -2.35. The van der Waals surface area contributed by atoms with E-state index in [-0.39, 0.29) is 28.3 Å². The first-order valence-corrected chi connectivity index (χ1v) is 15.0. The van der Waals surface area contributed by atoms with Gasteiger partial charge in [0, 0.05) is 73.0 Å². The average Bonchev–Trinajstić information content (AvgIpc) is 3.05. The van der Waals surface area contributed by atoms with Crippen LogP contribution in [0.25, 0.3) is 22.2 Å². The molecule has 1 amide bonds. The number of nitrogens with one attached hydrogen (secondary N) is 2. The number of likely N-dealkylation sites (N-methyl/N-ethyl adjacent to an activating group) is 1. The van der Waals surface area contributed by atoms with Crippen molar-refractivity contribution < 1.29 is 18.0 Å². The Kier molecular flexibility index (Phi) is 8.41. The predicted octanol–water partition coefficient (Wildman–Crippen LogP) is 5.77. The monoisotopic (exact) mass is 642 g/mol. The van der Waals surface area contributed by atoms with Crippen LogP contribution in [0, 0.1) is 13.8 Å². The Morgan fingerprint density at radius 3 is 2.32 bits per heavy atom. The van der Waals surface area contributed by atoms with Crippen molar-refractivity contribution in [3.05, 3.63) is 99.7 Å². The quantitative estimate of drug-likeness (QED) is 0.240. The number of carbonyl (C=O) groups excluding carboxylic acids is 1. The highest BCUT2D eigenvalue weighted by Gasteiger charge is 2.36. The maximum absolute atomic E-state index is 14.1. The number of hydrogen-bond donors (Lipinski definition) is 2. The standard InChI is InChI=1S/C34H33F3N8O2/c1-20-5-8-24(40-31(46)22-7-10-28(27(15-22)34(35,36)37)45-13-11-43(3)12-14-45)17-26(20)29-16-23-18-39-33(42-30(23)32(47)44(29)4)41-25-9-6-21(2)38-19-25/h5-10,15-19H,11-14H2,1-4H3,(H,40,46)(H,39,41,42). The van der Waals surface area contributed by atoms with Gasteiger partial charge in [0.05, 0.1) is 23.1 Å². The van der Waals surface area contributed by atoms with Crippen molar-refractivity contribution in [2.45, 2.75) is 20.0 Å². The van der Waals surface area contributed by atoms with Gasteiger partial charge in [0.1, 0.15) is 5.52 Å². The molecule has 0 unspecified atom stereocenters. The van der Waals surface area contributed by atoms with Crippen LogP contribution in [0.2, 0.25) is 0 Å². The second-order valence-corrected chi connectivity index (χ2v) is 11.7. The Labute approximate surface area is 268 Å². The Morgan fingerprint density at radius 1 is 0.872 bits per heavy atom. The SMILES string of the molecule is Cc1ccc(Nc2ncc3cc(-c4cc(NC(=O)c5ccc(N6CCN(C)CC6)c(C(F)(F)F)c5)ccc4C)n(C)c(=O)c3n2)cn1. The van der Waals surface area contributed by atoms with Crippen LogP contribution in [0.3, 0.4) is 0 Å². The zero-order valence-electron chi connectivity index (χ0n) is 26.3. The summed E-state index contributed by atoms with van der Waals surface area (Å²) in [5.41, 5.74) is 2.91. The molecule has 1 saturated heterocycles. The van der Waals surface area contributed by atoms with Crippen molar-refractivity contribution in [1.29, 1.82) is 0 Å². The first kappa shape index (κ1) is 31.7. The van der Waals surface area contributed by atoms with E-state index >= 15 is 0 Å². The lowest BCUT2D eigenvalue weighted by atomic mass is 10.0. The number of pyridine rings is 2. The minimum Gasteiger partial charge on any atom is -0.368 e. The Hall–Kier alpha value is -5.30. The lowest BCUT2D eigenvalue weighted by Crippen LogP contribution is -2.45. The second kappa shape index (κ2) is 12.5. The van der Waals surface area contributed by atoms with Gasteiger partial charge in [0.15, 0.2) is 0 Å². The van der Waals surface area contributed by atoms with E-state index in [1.807, 2.05) is 33.0 Å². The molecule has 1 aliphatic rings. The molecule has 0 saturated carbocycles. The molecule has 13 heteroatoms. The third kappa shape index (κ3) is 6.66. The molecule has 5 aromatic rings. The summed E-state index contributed by atoms with van der Waals surface area (Å²) in [7, 11) is 3.56. The molecule has 0 aliphatic carbocycles. The summed E-state index contributed by atoms with van der Waals surface area (Å²) in [5.74, 6) is -0.432. The number of amides is 1. The third-order valence-electron chi connectivity index (χ3n) is 8.32. The summed E-state index contributed by atoms with van der Waals surface area (Å²) in [4.78, 5) is 43.5. The van der Waals surface area contributed by atoms with Gasteiger partial charge in [0.25, 0.3) is 11.5 Å². The Balaban J connectivity index is 1.28. The summed E-state index contributed by atoms with van der Waals surface area (Å²) in [6.07, 6.45) is -1.43. The second-order valence-electron chi connectivity index (χ2n) is 11.7. The number of rotatable bonds is 6. The van der Waals surface area contributed by atoms with E-state index in [1.165, 1.54) is 16.7 Å². The molecule has 242 valence electrons. The molecule has 0 spiro atoms. The Morgan fingerprint density at radius 2 is 1.62 bits per heavy atom. The van der Waals surface area contributed by atoms with E-state index in [0.29, 0.717) is 54.2 Å². The number of aryl methyl sites for hydroxylation is 2. The third-order valence-corrected chi connectivity index (χ3v) is 8.32. The van der Waals surface area contributed by atoms with E-state index in [1.54, 1.807) is 48.6 Å². The first-order valence-electron chi connectivity index (χ1n) is 15.0. The summed E-state index contributed by atoms with van der Waals surface area (Å²) in [5, 5.41) is 6.31. The highest BCUT2D eigenvalue weighted by molar-refractivity contribution is 6.05. The van der Waals surface area contributed by atoms with E-state index in [2.05, 4.69) is 30.5 Å². The van der Waals surface area contributed by atoms with Crippen molar-refractivity contribution in [3.8, 4) is 11.3 Å². The van der Waals surface area contributed by atoms with E-state index < -0.39 is 17.6 Å². The fraction of sp³-hybridized carbons (Fsp3) is 0.265. The molecule has 2 N–H and O–H groups in total. The van der Waals surface area contributed by atoms with E-state index in [0.717, 1.165) is 17.3 Å². The highest BCUT2D eigenvalue weighted by Crippen LogP contribution is 2.38. The normalized spacial score (nSPS) is 14.0. The van der Waals surface area contributed by atoms with Gasteiger partial charge in [-0.1, -0.05) is 6.07 Å². The van der Waals surface area contributed by atoms with Crippen LogP contribution in [-0.4, -0.2) is 63.6 Å². The van der Waals surface area contributed by atoms with Crippen LogP contribution in [-0.2, 0) is 13.2 Å². The topological polar surface area (TPSA) is 108 Å². The van der Waals surface area contributed by atoms with Crippen LogP contribution in [0.4, 0.5) is 36.2 Å². The average molecular weight is 643 g/mol. The zero-order chi connectivity index (χ0) is 33.5. The van der Waals surface area contributed by atoms with Crippen molar-refractivity contribution in [3.63, 3.8) is 0 Å². The number of benzene rings is 2. The zero-order valence-corrected chi connectivity index (χ0v) is 26.3. The van der Waals surface area contributed by atoms with Crippen LogP contribution in [0.5, 0.6) is 0 Å². The minimum atomic E-state index is -4.63.